The second kappa shape index (κ2) is 18.3. The lowest BCUT2D eigenvalue weighted by atomic mass is 10.0. The molecule has 0 fully saturated rings. The highest BCUT2D eigenvalue weighted by Crippen LogP contribution is 2.14. The molecular weight excluding hydrogens is 414 g/mol. The molecule has 1 aromatic rings. The fourth-order valence-electron chi connectivity index (χ4n) is 3.52. The molecule has 4 heteroatoms. The van der Waals surface area contributed by atoms with Crippen molar-refractivity contribution in [3.05, 3.63) is 28.2 Å². The van der Waals surface area contributed by atoms with Gasteiger partial charge in [-0.2, -0.15) is 0 Å². The highest BCUT2D eigenvalue weighted by atomic mass is 79.9. The second-order valence-corrected chi connectivity index (χ2v) is 8.53. The molecule has 0 aromatic carbocycles. The van der Waals surface area contributed by atoms with Crippen LogP contribution in [-0.4, -0.2) is 11.6 Å². The minimum atomic E-state index is -0.0373. The quantitative estimate of drug-likeness (QED) is 0.170. The van der Waals surface area contributed by atoms with Crippen molar-refractivity contribution in [1.82, 2.24) is 4.98 Å². The van der Waals surface area contributed by atoms with Crippen LogP contribution in [0, 0.1) is 0 Å². The Morgan fingerprint density at radius 1 is 0.786 bits per heavy atom. The zero-order chi connectivity index (χ0) is 20.3. The number of hydrogen-bond donors (Lipinski definition) is 1. The van der Waals surface area contributed by atoms with Gasteiger partial charge in [-0.15, -0.1) is 0 Å². The van der Waals surface area contributed by atoms with E-state index in [9.17, 15) is 4.79 Å². The van der Waals surface area contributed by atoms with E-state index >= 15 is 0 Å². The molecule has 162 valence electrons. The van der Waals surface area contributed by atoms with E-state index in [-0.39, 0.29) is 5.43 Å². The summed E-state index contributed by atoms with van der Waals surface area (Å²) < 4.78 is 5.60. The lowest BCUT2D eigenvalue weighted by Crippen LogP contribution is -2.10. The molecule has 1 N–H and O–H groups in total. The normalized spacial score (nSPS) is 11.1. The zero-order valence-electron chi connectivity index (χ0n) is 18.1. The van der Waals surface area contributed by atoms with Crippen molar-refractivity contribution in [2.75, 3.05) is 6.61 Å². The molecule has 1 heterocycles. The molecule has 3 nitrogen and oxygen atoms in total. The van der Waals surface area contributed by atoms with Gasteiger partial charge in [-0.25, -0.2) is 0 Å². The van der Waals surface area contributed by atoms with Crippen molar-refractivity contribution in [3.8, 4) is 5.75 Å². The summed E-state index contributed by atoms with van der Waals surface area (Å²) >= 11 is 3.33. The Labute approximate surface area is 181 Å². The van der Waals surface area contributed by atoms with Crippen molar-refractivity contribution in [1.29, 1.82) is 0 Å². The maximum Gasteiger partial charge on any atom is 0.223 e. The Bertz CT molecular complexity index is 530. The van der Waals surface area contributed by atoms with Crippen LogP contribution in [0.1, 0.15) is 115 Å². The molecule has 0 radical (unpaired) electrons. The summed E-state index contributed by atoms with van der Waals surface area (Å²) in [5, 5.41) is 0.654. The van der Waals surface area contributed by atoms with Gasteiger partial charge in [0.1, 0.15) is 0 Å². The minimum Gasteiger partial charge on any atom is -0.488 e. The van der Waals surface area contributed by atoms with E-state index in [2.05, 4.69) is 27.8 Å². The molecule has 0 saturated carbocycles. The second-order valence-electron chi connectivity index (χ2n) is 7.97. The Morgan fingerprint density at radius 2 is 1.25 bits per heavy atom. The third-order valence-corrected chi connectivity index (χ3v) is 5.94. The van der Waals surface area contributed by atoms with Crippen LogP contribution in [0.15, 0.2) is 17.1 Å². The Kier molecular flexibility index (Phi) is 16.5. The Morgan fingerprint density at radius 3 is 1.68 bits per heavy atom. The molecule has 0 atom stereocenters. The molecule has 0 saturated heterocycles. The number of halogens is 1. The molecule has 0 amide bonds. The lowest BCUT2D eigenvalue weighted by molar-refractivity contribution is 0.300. The molecule has 1 aromatic heterocycles. The average Bonchev–Trinajstić information content (AvgIpc) is 2.71. The minimum absolute atomic E-state index is 0.0373. The molecule has 0 bridgehead atoms. The number of pyridine rings is 1. The largest absolute Gasteiger partial charge is 0.488 e. The number of nitrogens with one attached hydrogen (secondary N) is 1. The number of ether oxygens (including phenoxy) is 1. The van der Waals surface area contributed by atoms with Gasteiger partial charge in [0.25, 0.3) is 0 Å². The summed E-state index contributed by atoms with van der Waals surface area (Å²) in [5.74, 6) is 0.436. The predicted octanol–water partition coefficient (Wildman–Crippen LogP) is 7.91. The van der Waals surface area contributed by atoms with Crippen LogP contribution in [0.4, 0.5) is 0 Å². The lowest BCUT2D eigenvalue weighted by Gasteiger charge is -2.06. The SMILES string of the molecule is CCCCCCCCCCCCCCCCCCOc1c[nH]c(CBr)cc1=O. The molecule has 0 aliphatic carbocycles. The molecule has 0 spiro atoms. The highest BCUT2D eigenvalue weighted by molar-refractivity contribution is 9.08. The van der Waals surface area contributed by atoms with Gasteiger partial charge in [-0.1, -0.05) is 119 Å². The van der Waals surface area contributed by atoms with Gasteiger partial charge in [-0.05, 0) is 6.42 Å². The van der Waals surface area contributed by atoms with Gasteiger partial charge in [-0.3, -0.25) is 4.79 Å². The van der Waals surface area contributed by atoms with E-state index in [4.69, 9.17) is 4.74 Å². The maximum absolute atomic E-state index is 11.8. The van der Waals surface area contributed by atoms with Crippen molar-refractivity contribution in [2.45, 2.75) is 115 Å². The molecular formula is C24H42BrNO2. The number of H-pyrrole nitrogens is 1. The summed E-state index contributed by atoms with van der Waals surface area (Å²) in [4.78, 5) is 14.9. The van der Waals surface area contributed by atoms with E-state index < -0.39 is 0 Å². The topological polar surface area (TPSA) is 42.1 Å². The molecule has 0 unspecified atom stereocenters. The maximum atomic E-state index is 11.8. The summed E-state index contributed by atoms with van der Waals surface area (Å²) in [5.41, 5.74) is 0.837. The molecule has 0 aliphatic heterocycles. The predicted molar refractivity (Wildman–Crippen MR) is 125 cm³/mol. The van der Waals surface area contributed by atoms with Gasteiger partial charge in [0, 0.05) is 23.3 Å². The van der Waals surface area contributed by atoms with Gasteiger partial charge in [0.15, 0.2) is 5.75 Å². The van der Waals surface area contributed by atoms with E-state index in [1.54, 1.807) is 12.3 Å². The smallest absolute Gasteiger partial charge is 0.223 e. The van der Waals surface area contributed by atoms with Gasteiger partial charge in [0.2, 0.25) is 5.43 Å². The molecule has 1 rings (SSSR count). The first-order chi connectivity index (χ1) is 13.8. The number of aromatic nitrogens is 1. The first-order valence-electron chi connectivity index (χ1n) is 11.7. The van der Waals surface area contributed by atoms with E-state index in [0.29, 0.717) is 17.7 Å². The monoisotopic (exact) mass is 455 g/mol. The first kappa shape index (κ1) is 25.3. The van der Waals surface area contributed by atoms with E-state index in [0.717, 1.165) is 12.1 Å². The summed E-state index contributed by atoms with van der Waals surface area (Å²) in [6.07, 6.45) is 23.5. The summed E-state index contributed by atoms with van der Waals surface area (Å²) in [6, 6.07) is 1.59. The van der Waals surface area contributed by atoms with Gasteiger partial charge >= 0.3 is 0 Å². The van der Waals surface area contributed by atoms with Crippen LogP contribution in [0.5, 0.6) is 5.75 Å². The summed E-state index contributed by atoms with van der Waals surface area (Å²) in [6.45, 7) is 2.92. The number of hydrogen-bond acceptors (Lipinski definition) is 2. The average molecular weight is 457 g/mol. The van der Waals surface area contributed by atoms with Crippen LogP contribution >= 0.6 is 15.9 Å². The van der Waals surface area contributed by atoms with Crippen LogP contribution in [0.25, 0.3) is 0 Å². The number of aromatic amines is 1. The highest BCUT2D eigenvalue weighted by Gasteiger charge is 2.01. The van der Waals surface area contributed by atoms with E-state index in [1.807, 2.05) is 0 Å². The van der Waals surface area contributed by atoms with Crippen molar-refractivity contribution < 1.29 is 4.74 Å². The fraction of sp³-hybridized carbons (Fsp3) is 0.792. The van der Waals surface area contributed by atoms with Crippen LogP contribution in [0.2, 0.25) is 0 Å². The number of alkyl halides is 1. The zero-order valence-corrected chi connectivity index (χ0v) is 19.7. The van der Waals surface area contributed by atoms with Crippen molar-refractivity contribution in [3.63, 3.8) is 0 Å². The van der Waals surface area contributed by atoms with Crippen molar-refractivity contribution in [2.24, 2.45) is 0 Å². The first-order valence-corrected chi connectivity index (χ1v) is 12.8. The molecule has 28 heavy (non-hydrogen) atoms. The number of unbranched alkanes of at least 4 members (excludes halogenated alkanes) is 15. The fourth-order valence-corrected chi connectivity index (χ4v) is 3.85. The van der Waals surface area contributed by atoms with Crippen LogP contribution < -0.4 is 10.2 Å². The van der Waals surface area contributed by atoms with E-state index in [1.165, 1.54) is 96.3 Å². The van der Waals surface area contributed by atoms with Gasteiger partial charge in [0.05, 0.1) is 6.61 Å². The van der Waals surface area contributed by atoms with Gasteiger partial charge < -0.3 is 9.72 Å². The van der Waals surface area contributed by atoms with Crippen LogP contribution in [0.3, 0.4) is 0 Å². The third-order valence-electron chi connectivity index (χ3n) is 5.34. The third kappa shape index (κ3) is 13.4. The Hall–Kier alpha value is -0.770. The Balaban J connectivity index is 1.81. The summed E-state index contributed by atoms with van der Waals surface area (Å²) in [7, 11) is 0. The molecule has 0 aliphatic rings. The van der Waals surface area contributed by atoms with Crippen LogP contribution in [-0.2, 0) is 5.33 Å². The standard InChI is InChI=1S/C24H42BrNO2/c1-2-3-4-5-6-7-8-9-10-11-12-13-14-15-16-17-18-28-24-21-26-22(20-25)19-23(24)27/h19,21H,2-18,20H2,1H3,(H,26,27). The van der Waals surface area contributed by atoms with Crippen molar-refractivity contribution >= 4 is 15.9 Å². The number of rotatable bonds is 19.